The van der Waals surface area contributed by atoms with E-state index in [0.29, 0.717) is 17.2 Å². The van der Waals surface area contributed by atoms with Gasteiger partial charge < -0.3 is 20.3 Å². The number of nitrogens with one attached hydrogen (secondary N) is 1. The molecule has 0 saturated heterocycles. The van der Waals surface area contributed by atoms with E-state index in [1.165, 1.54) is 0 Å². The van der Waals surface area contributed by atoms with Crippen LogP contribution in [0.25, 0.3) is 23.1 Å². The lowest BCUT2D eigenvalue weighted by Gasteiger charge is -2.01. The van der Waals surface area contributed by atoms with Crippen LogP contribution >= 0.6 is 0 Å². The molecule has 7 nitrogen and oxygen atoms in total. The van der Waals surface area contributed by atoms with Crippen LogP contribution in [0.15, 0.2) is 35.1 Å². The number of anilines is 1. The Balaban J connectivity index is 2.06. The zero-order valence-electron chi connectivity index (χ0n) is 9.16. The maximum atomic E-state index is 9.81. The van der Waals surface area contributed by atoms with Crippen LogP contribution < -0.4 is 5.73 Å². The van der Waals surface area contributed by atoms with Gasteiger partial charge in [0.1, 0.15) is 0 Å². The quantitative estimate of drug-likeness (QED) is 0.463. The lowest BCUT2D eigenvalue weighted by molar-refractivity contribution is 0.426. The average Bonchev–Trinajstić information content (AvgIpc) is 3.01. The molecular weight excluding hydrogens is 234 g/mol. The van der Waals surface area contributed by atoms with Gasteiger partial charge in [0.15, 0.2) is 11.6 Å². The molecule has 0 unspecified atom stereocenters. The van der Waals surface area contributed by atoms with Crippen LogP contribution in [0.2, 0.25) is 0 Å². The second-order valence-corrected chi connectivity index (χ2v) is 3.60. The second kappa shape index (κ2) is 3.88. The first-order valence-corrected chi connectivity index (χ1v) is 5.17. The summed E-state index contributed by atoms with van der Waals surface area (Å²) in [5.41, 5.74) is 6.25. The number of hydrogen-bond acceptors (Lipinski definition) is 6. The number of phenolic OH excluding ortho intramolecular Hbond substituents is 1. The summed E-state index contributed by atoms with van der Waals surface area (Å²) in [6.07, 6.45) is 3.24. The molecule has 2 aromatic heterocycles. The first kappa shape index (κ1) is 10.3. The largest absolute Gasteiger partial charge is 0.505 e. The number of aromatic hydroxyl groups is 1. The molecule has 4 N–H and O–H groups in total. The van der Waals surface area contributed by atoms with Gasteiger partial charge in [-0.15, -0.1) is 0 Å². The first-order chi connectivity index (χ1) is 8.75. The van der Waals surface area contributed by atoms with Crippen molar-refractivity contribution >= 4 is 5.69 Å². The number of nitrogens with zero attached hydrogens (tertiary/aromatic N) is 3. The van der Waals surface area contributed by atoms with Crippen LogP contribution in [-0.4, -0.2) is 25.2 Å². The van der Waals surface area contributed by atoms with Gasteiger partial charge in [0.05, 0.1) is 11.3 Å². The van der Waals surface area contributed by atoms with Gasteiger partial charge >= 0.3 is 0 Å². The summed E-state index contributed by atoms with van der Waals surface area (Å²) < 4.78 is 5.07. The number of H-pyrrole nitrogens is 1. The van der Waals surface area contributed by atoms with Crippen LogP contribution in [0, 0.1) is 0 Å². The summed E-state index contributed by atoms with van der Waals surface area (Å²) in [5.74, 6) is 0.920. The summed E-state index contributed by atoms with van der Waals surface area (Å²) in [4.78, 5) is 11.0. The molecule has 0 fully saturated rings. The van der Waals surface area contributed by atoms with Crippen LogP contribution in [0.1, 0.15) is 0 Å². The molecule has 0 bridgehead atoms. The highest BCUT2D eigenvalue weighted by atomic mass is 16.5. The normalized spacial score (nSPS) is 10.7. The highest BCUT2D eigenvalue weighted by molar-refractivity contribution is 5.72. The third-order valence-corrected chi connectivity index (χ3v) is 2.43. The van der Waals surface area contributed by atoms with Crippen LogP contribution in [0.3, 0.4) is 0 Å². The predicted molar refractivity (Wildman–Crippen MR) is 63.4 cm³/mol. The summed E-state index contributed by atoms with van der Waals surface area (Å²) in [6.45, 7) is 0. The number of aromatic nitrogens is 4. The lowest BCUT2D eigenvalue weighted by Crippen LogP contribution is -1.88. The van der Waals surface area contributed by atoms with E-state index >= 15 is 0 Å². The number of aromatic amines is 1. The van der Waals surface area contributed by atoms with Crippen molar-refractivity contribution in [1.82, 2.24) is 20.1 Å². The molecule has 7 heteroatoms. The second-order valence-electron chi connectivity index (χ2n) is 3.60. The predicted octanol–water partition coefficient (Wildman–Crippen LogP) is 1.41. The van der Waals surface area contributed by atoms with E-state index in [4.69, 9.17) is 10.3 Å². The van der Waals surface area contributed by atoms with Crippen molar-refractivity contribution in [2.24, 2.45) is 0 Å². The van der Waals surface area contributed by atoms with E-state index in [-0.39, 0.29) is 17.3 Å². The summed E-state index contributed by atoms with van der Waals surface area (Å²) in [7, 11) is 0. The minimum atomic E-state index is -0.0767. The standard InChI is InChI=1S/C11H9N5O2/c12-7-3-1-2-6(8(7)17)11-15-10(16-18-11)9-13-4-5-14-9/h1-5,17H,12H2,(H,13,14). The molecule has 0 amide bonds. The molecule has 0 saturated carbocycles. The fourth-order valence-corrected chi connectivity index (χ4v) is 1.55. The molecule has 0 aliphatic carbocycles. The number of para-hydroxylation sites is 1. The summed E-state index contributed by atoms with van der Waals surface area (Å²) in [5, 5.41) is 13.6. The Bertz CT molecular complexity index is 675. The van der Waals surface area contributed by atoms with E-state index in [0.717, 1.165) is 0 Å². The topological polar surface area (TPSA) is 114 Å². The molecule has 3 rings (SSSR count). The van der Waals surface area contributed by atoms with E-state index in [2.05, 4.69) is 20.1 Å². The van der Waals surface area contributed by atoms with Gasteiger partial charge in [-0.05, 0) is 12.1 Å². The van der Waals surface area contributed by atoms with Crippen molar-refractivity contribution in [3.8, 4) is 28.9 Å². The average molecular weight is 243 g/mol. The Morgan fingerprint density at radius 1 is 1.33 bits per heavy atom. The first-order valence-electron chi connectivity index (χ1n) is 5.17. The number of phenols is 1. The van der Waals surface area contributed by atoms with Crippen molar-refractivity contribution in [1.29, 1.82) is 0 Å². The van der Waals surface area contributed by atoms with Crippen molar-refractivity contribution in [3.05, 3.63) is 30.6 Å². The Morgan fingerprint density at radius 2 is 2.22 bits per heavy atom. The summed E-state index contributed by atoms with van der Waals surface area (Å²) >= 11 is 0. The minimum Gasteiger partial charge on any atom is -0.505 e. The molecule has 1 aromatic carbocycles. The van der Waals surface area contributed by atoms with E-state index in [9.17, 15) is 5.11 Å². The number of rotatable bonds is 2. The maximum Gasteiger partial charge on any atom is 0.262 e. The number of benzene rings is 1. The summed E-state index contributed by atoms with van der Waals surface area (Å²) in [6, 6.07) is 4.93. The molecular formula is C11H9N5O2. The Morgan fingerprint density at radius 3 is 3.00 bits per heavy atom. The minimum absolute atomic E-state index is 0.0767. The van der Waals surface area contributed by atoms with Crippen molar-refractivity contribution in [2.45, 2.75) is 0 Å². The van der Waals surface area contributed by atoms with Crippen molar-refractivity contribution < 1.29 is 9.63 Å². The van der Waals surface area contributed by atoms with E-state index < -0.39 is 0 Å². The van der Waals surface area contributed by atoms with Gasteiger partial charge in [-0.3, -0.25) is 0 Å². The van der Waals surface area contributed by atoms with Gasteiger partial charge in [-0.1, -0.05) is 11.2 Å². The molecule has 0 spiro atoms. The SMILES string of the molecule is Nc1cccc(-c2nc(-c3ncc[nH]3)no2)c1O. The van der Waals surface area contributed by atoms with E-state index in [1.54, 1.807) is 30.6 Å². The molecule has 3 aromatic rings. The zero-order valence-corrected chi connectivity index (χ0v) is 9.16. The smallest absolute Gasteiger partial charge is 0.262 e. The highest BCUT2D eigenvalue weighted by Crippen LogP contribution is 2.33. The van der Waals surface area contributed by atoms with E-state index in [1.807, 2.05) is 0 Å². The Hall–Kier alpha value is -2.83. The van der Waals surface area contributed by atoms with Gasteiger partial charge in [0.25, 0.3) is 5.89 Å². The fraction of sp³-hybridized carbons (Fsp3) is 0. The van der Waals surface area contributed by atoms with Gasteiger partial charge in [0, 0.05) is 12.4 Å². The van der Waals surface area contributed by atoms with Crippen molar-refractivity contribution in [3.63, 3.8) is 0 Å². The van der Waals surface area contributed by atoms with Crippen LogP contribution in [0.4, 0.5) is 5.69 Å². The zero-order chi connectivity index (χ0) is 12.5. The molecule has 18 heavy (non-hydrogen) atoms. The lowest BCUT2D eigenvalue weighted by atomic mass is 10.2. The molecule has 90 valence electrons. The molecule has 0 aliphatic heterocycles. The number of nitrogen functional groups attached to an aromatic ring is 1. The number of hydrogen-bond donors (Lipinski definition) is 3. The molecule has 0 radical (unpaired) electrons. The fourth-order valence-electron chi connectivity index (χ4n) is 1.55. The van der Waals surface area contributed by atoms with Gasteiger partial charge in [-0.2, -0.15) is 4.98 Å². The van der Waals surface area contributed by atoms with Crippen LogP contribution in [0.5, 0.6) is 5.75 Å². The third kappa shape index (κ3) is 1.58. The molecule has 0 atom stereocenters. The van der Waals surface area contributed by atoms with Crippen LogP contribution in [-0.2, 0) is 0 Å². The molecule has 2 heterocycles. The highest BCUT2D eigenvalue weighted by Gasteiger charge is 2.16. The number of imidazole rings is 1. The Labute approximate surface area is 101 Å². The maximum absolute atomic E-state index is 9.81. The van der Waals surface area contributed by atoms with Gasteiger partial charge in [-0.25, -0.2) is 4.98 Å². The Kier molecular flexibility index (Phi) is 2.23. The number of nitrogens with two attached hydrogens (primary N) is 1. The molecule has 0 aliphatic rings. The monoisotopic (exact) mass is 243 g/mol. The van der Waals surface area contributed by atoms with Crippen molar-refractivity contribution in [2.75, 3.05) is 5.73 Å². The van der Waals surface area contributed by atoms with Gasteiger partial charge in [0.2, 0.25) is 5.82 Å². The third-order valence-electron chi connectivity index (χ3n) is 2.43.